The first-order valence-corrected chi connectivity index (χ1v) is 5.78. The number of thiazole rings is 1. The molecule has 5 N–H and O–H groups in total. The van der Waals surface area contributed by atoms with E-state index in [4.69, 9.17) is 5.84 Å². The Morgan fingerprint density at radius 1 is 1.53 bits per heavy atom. The van der Waals surface area contributed by atoms with Crippen molar-refractivity contribution in [1.29, 1.82) is 0 Å². The van der Waals surface area contributed by atoms with Gasteiger partial charge < -0.3 is 10.3 Å². The highest BCUT2D eigenvalue weighted by molar-refractivity contribution is 7.07. The minimum absolute atomic E-state index is 0.0648. The molecule has 2 aromatic rings. The summed E-state index contributed by atoms with van der Waals surface area (Å²) in [5, 5.41) is 4.85. The van der Waals surface area contributed by atoms with E-state index >= 15 is 0 Å². The molecule has 0 saturated carbocycles. The van der Waals surface area contributed by atoms with E-state index in [1.54, 1.807) is 11.4 Å². The summed E-state index contributed by atoms with van der Waals surface area (Å²) < 4.78 is 0. The predicted octanol–water partition coefficient (Wildman–Crippen LogP) is 0.433. The molecule has 2 aromatic heterocycles. The molecule has 7 nitrogen and oxygen atoms in total. The summed E-state index contributed by atoms with van der Waals surface area (Å²) in [5.41, 5.74) is 4.01. The van der Waals surface area contributed by atoms with Crippen molar-refractivity contribution in [1.82, 2.24) is 15.0 Å². The fourth-order valence-electron chi connectivity index (χ4n) is 1.31. The van der Waals surface area contributed by atoms with Gasteiger partial charge in [-0.1, -0.05) is 11.3 Å². The standard InChI is InChI=1S/C9H12N6OS/c1-5-2-7(14-8(12-5)15-10)11-3-6-4-17-9(16)13-6/h2,4H,3,10H2,1H3,(H,13,16)(H2,11,12,14,15). The van der Waals surface area contributed by atoms with Crippen LogP contribution in [0.3, 0.4) is 0 Å². The number of hydrogen-bond donors (Lipinski definition) is 4. The van der Waals surface area contributed by atoms with Crippen LogP contribution in [0, 0.1) is 6.92 Å². The molecular formula is C9H12N6OS. The Labute approximate surface area is 101 Å². The van der Waals surface area contributed by atoms with Crippen molar-refractivity contribution >= 4 is 23.1 Å². The van der Waals surface area contributed by atoms with Gasteiger partial charge in [-0.3, -0.25) is 10.2 Å². The number of nitrogens with zero attached hydrogens (tertiary/aromatic N) is 2. The molecule has 0 spiro atoms. The number of H-pyrrole nitrogens is 1. The number of aromatic amines is 1. The van der Waals surface area contributed by atoms with Crippen molar-refractivity contribution in [3.63, 3.8) is 0 Å². The van der Waals surface area contributed by atoms with Crippen LogP contribution in [-0.4, -0.2) is 15.0 Å². The van der Waals surface area contributed by atoms with Crippen LogP contribution in [0.5, 0.6) is 0 Å². The number of hydrogen-bond acceptors (Lipinski definition) is 7. The van der Waals surface area contributed by atoms with E-state index in [1.807, 2.05) is 6.92 Å². The van der Waals surface area contributed by atoms with Crippen molar-refractivity contribution in [3.8, 4) is 0 Å². The zero-order valence-electron chi connectivity index (χ0n) is 9.15. The Morgan fingerprint density at radius 3 is 3.00 bits per heavy atom. The Morgan fingerprint density at radius 2 is 2.35 bits per heavy atom. The molecule has 0 atom stereocenters. The quantitative estimate of drug-likeness (QED) is 0.464. The average Bonchev–Trinajstić information content (AvgIpc) is 2.72. The van der Waals surface area contributed by atoms with Crippen LogP contribution < -0.4 is 21.5 Å². The number of aromatic nitrogens is 3. The van der Waals surface area contributed by atoms with Gasteiger partial charge in [-0.25, -0.2) is 10.8 Å². The molecule has 0 aliphatic rings. The van der Waals surface area contributed by atoms with E-state index in [9.17, 15) is 4.79 Å². The van der Waals surface area contributed by atoms with Crippen LogP contribution in [0.2, 0.25) is 0 Å². The van der Waals surface area contributed by atoms with Gasteiger partial charge in [-0.05, 0) is 6.92 Å². The minimum Gasteiger partial charge on any atom is -0.364 e. The normalized spacial score (nSPS) is 10.2. The SMILES string of the molecule is Cc1cc(NCc2csc(=O)[nH]2)nc(NN)n1. The van der Waals surface area contributed by atoms with E-state index in [1.165, 1.54) is 0 Å². The van der Waals surface area contributed by atoms with Gasteiger partial charge in [-0.2, -0.15) is 4.98 Å². The lowest BCUT2D eigenvalue weighted by molar-refractivity contribution is 1.01. The number of hydrazine groups is 1. The third-order valence-corrected chi connectivity index (χ3v) is 2.73. The number of nitrogens with one attached hydrogen (secondary N) is 3. The van der Waals surface area contributed by atoms with E-state index < -0.39 is 0 Å². The Kier molecular flexibility index (Phi) is 3.35. The van der Waals surface area contributed by atoms with Crippen molar-refractivity contribution in [2.24, 2.45) is 5.84 Å². The molecule has 0 bridgehead atoms. The molecular weight excluding hydrogens is 240 g/mol. The second-order valence-electron chi connectivity index (χ2n) is 3.39. The lowest BCUT2D eigenvalue weighted by Gasteiger charge is -2.06. The Hall–Kier alpha value is -1.93. The average molecular weight is 252 g/mol. The van der Waals surface area contributed by atoms with Gasteiger partial charge in [-0.15, -0.1) is 0 Å². The maximum atomic E-state index is 10.9. The van der Waals surface area contributed by atoms with E-state index in [0.29, 0.717) is 18.3 Å². The smallest absolute Gasteiger partial charge is 0.304 e. The Balaban J connectivity index is 2.08. The lowest BCUT2D eigenvalue weighted by Crippen LogP contribution is -2.12. The first-order valence-electron chi connectivity index (χ1n) is 4.90. The molecule has 0 radical (unpaired) electrons. The molecule has 0 unspecified atom stereocenters. The molecule has 0 amide bonds. The van der Waals surface area contributed by atoms with Crippen LogP contribution in [0.15, 0.2) is 16.2 Å². The molecule has 0 fully saturated rings. The largest absolute Gasteiger partial charge is 0.364 e. The molecule has 0 saturated heterocycles. The van der Waals surface area contributed by atoms with Gasteiger partial charge >= 0.3 is 4.87 Å². The zero-order valence-corrected chi connectivity index (χ0v) is 9.97. The van der Waals surface area contributed by atoms with Gasteiger partial charge in [0.1, 0.15) is 5.82 Å². The van der Waals surface area contributed by atoms with Crippen molar-refractivity contribution in [3.05, 3.63) is 32.5 Å². The summed E-state index contributed by atoms with van der Waals surface area (Å²) in [7, 11) is 0. The number of nitrogens with two attached hydrogens (primary N) is 1. The number of anilines is 2. The molecule has 2 rings (SSSR count). The first kappa shape index (κ1) is 11.6. The maximum Gasteiger partial charge on any atom is 0.304 e. The molecule has 0 aliphatic heterocycles. The zero-order chi connectivity index (χ0) is 12.3. The van der Waals surface area contributed by atoms with Crippen LogP contribution in [0.1, 0.15) is 11.4 Å². The molecule has 0 aromatic carbocycles. The van der Waals surface area contributed by atoms with Crippen LogP contribution >= 0.6 is 11.3 Å². The molecule has 90 valence electrons. The molecule has 0 aliphatic carbocycles. The van der Waals surface area contributed by atoms with Gasteiger partial charge in [0.2, 0.25) is 5.95 Å². The molecule has 2 heterocycles. The van der Waals surface area contributed by atoms with E-state index in [-0.39, 0.29) is 4.87 Å². The highest BCUT2D eigenvalue weighted by atomic mass is 32.1. The fraction of sp³-hybridized carbons (Fsp3) is 0.222. The van der Waals surface area contributed by atoms with Gasteiger partial charge in [0.25, 0.3) is 0 Å². The van der Waals surface area contributed by atoms with E-state index in [0.717, 1.165) is 22.7 Å². The summed E-state index contributed by atoms with van der Waals surface area (Å²) in [5.74, 6) is 6.25. The third kappa shape index (κ3) is 3.02. The van der Waals surface area contributed by atoms with Crippen molar-refractivity contribution < 1.29 is 0 Å². The highest BCUT2D eigenvalue weighted by Crippen LogP contribution is 2.09. The predicted molar refractivity (Wildman–Crippen MR) is 66.8 cm³/mol. The third-order valence-electron chi connectivity index (χ3n) is 2.01. The number of rotatable bonds is 4. The van der Waals surface area contributed by atoms with Gasteiger partial charge in [0.15, 0.2) is 0 Å². The van der Waals surface area contributed by atoms with Crippen LogP contribution in [-0.2, 0) is 6.54 Å². The van der Waals surface area contributed by atoms with E-state index in [2.05, 4.69) is 25.7 Å². The number of aryl methyl sites for hydroxylation is 1. The summed E-state index contributed by atoms with van der Waals surface area (Å²) in [6.07, 6.45) is 0. The molecule has 8 heteroatoms. The summed E-state index contributed by atoms with van der Waals surface area (Å²) in [4.78, 5) is 21.8. The monoisotopic (exact) mass is 252 g/mol. The fourth-order valence-corrected chi connectivity index (χ4v) is 1.89. The lowest BCUT2D eigenvalue weighted by atomic mass is 10.4. The summed E-state index contributed by atoms with van der Waals surface area (Å²) in [6, 6.07) is 1.80. The van der Waals surface area contributed by atoms with Crippen LogP contribution in [0.25, 0.3) is 0 Å². The van der Waals surface area contributed by atoms with Crippen molar-refractivity contribution in [2.75, 3.05) is 10.7 Å². The maximum absolute atomic E-state index is 10.9. The van der Waals surface area contributed by atoms with Crippen molar-refractivity contribution in [2.45, 2.75) is 13.5 Å². The first-order chi connectivity index (χ1) is 8.17. The highest BCUT2D eigenvalue weighted by Gasteiger charge is 2.01. The number of nitrogen functional groups attached to an aromatic ring is 1. The minimum atomic E-state index is -0.0648. The van der Waals surface area contributed by atoms with Gasteiger partial charge in [0.05, 0.1) is 6.54 Å². The topological polar surface area (TPSA) is 109 Å². The Bertz CT molecular complexity index is 563. The summed E-state index contributed by atoms with van der Waals surface area (Å²) in [6.45, 7) is 2.35. The molecule has 17 heavy (non-hydrogen) atoms. The van der Waals surface area contributed by atoms with Crippen LogP contribution in [0.4, 0.5) is 11.8 Å². The van der Waals surface area contributed by atoms with Gasteiger partial charge in [0, 0.05) is 22.8 Å². The summed E-state index contributed by atoms with van der Waals surface area (Å²) >= 11 is 1.13. The second-order valence-corrected chi connectivity index (χ2v) is 4.23. The second kappa shape index (κ2) is 4.93.